The Balaban J connectivity index is 1.99. The van der Waals surface area contributed by atoms with E-state index in [1.807, 2.05) is 0 Å². The Hall–Kier alpha value is -0.780. The molecule has 112 valence electrons. The first-order chi connectivity index (χ1) is 9.40. The third kappa shape index (κ3) is 3.87. The van der Waals surface area contributed by atoms with Crippen LogP contribution in [-0.4, -0.2) is 18.8 Å². The molecule has 0 bridgehead atoms. The predicted molar refractivity (Wildman–Crippen MR) is 71.7 cm³/mol. The van der Waals surface area contributed by atoms with Gasteiger partial charge in [0.1, 0.15) is 0 Å². The van der Waals surface area contributed by atoms with Crippen LogP contribution >= 0.6 is 11.6 Å². The molecule has 0 saturated carbocycles. The second kappa shape index (κ2) is 6.33. The first kappa shape index (κ1) is 15.6. The number of halogens is 4. The normalized spacial score (nSPS) is 23.2. The molecule has 2 unspecified atom stereocenters. The largest absolute Gasteiger partial charge is 0.416 e. The molecule has 2 nitrogen and oxygen atoms in total. The van der Waals surface area contributed by atoms with Gasteiger partial charge in [0.15, 0.2) is 0 Å². The van der Waals surface area contributed by atoms with E-state index in [2.05, 4.69) is 0 Å². The van der Waals surface area contributed by atoms with Crippen LogP contribution in [0.25, 0.3) is 0 Å². The summed E-state index contributed by atoms with van der Waals surface area (Å²) in [6.07, 6.45) is -1.24. The van der Waals surface area contributed by atoms with Crippen LogP contribution in [0.1, 0.15) is 30.4 Å². The number of rotatable bonds is 4. The lowest BCUT2D eigenvalue weighted by Crippen LogP contribution is -2.20. The van der Waals surface area contributed by atoms with Crippen molar-refractivity contribution in [3.05, 3.63) is 34.3 Å². The number of hydrogen-bond acceptors (Lipinski definition) is 2. The Morgan fingerprint density at radius 2 is 1.95 bits per heavy atom. The summed E-state index contributed by atoms with van der Waals surface area (Å²) in [5.74, 6) is 0. The van der Waals surface area contributed by atoms with E-state index in [0.29, 0.717) is 30.0 Å². The molecule has 1 aromatic carbocycles. The van der Waals surface area contributed by atoms with Crippen molar-refractivity contribution in [1.82, 2.24) is 0 Å². The standard InChI is InChI=1S/C14H17ClF3NO/c15-13-6-2-10(14(16,17)18)7-9(13)1-3-11-4-5-12(8-19)20-11/h2,6-7,11-12H,1,3-5,8,19H2. The highest BCUT2D eigenvalue weighted by Crippen LogP contribution is 2.32. The summed E-state index contributed by atoms with van der Waals surface area (Å²) in [6.45, 7) is 0.487. The molecular formula is C14H17ClF3NO. The van der Waals surface area contributed by atoms with Gasteiger partial charge in [-0.3, -0.25) is 0 Å². The quantitative estimate of drug-likeness (QED) is 0.918. The number of nitrogens with two attached hydrogens (primary N) is 1. The molecule has 2 rings (SSSR count). The second-order valence-electron chi connectivity index (χ2n) is 5.04. The van der Waals surface area contributed by atoms with Crippen LogP contribution in [0.4, 0.5) is 13.2 Å². The van der Waals surface area contributed by atoms with E-state index in [9.17, 15) is 13.2 Å². The fourth-order valence-corrected chi connectivity index (χ4v) is 2.64. The van der Waals surface area contributed by atoms with Crippen LogP contribution in [0.15, 0.2) is 18.2 Å². The zero-order chi connectivity index (χ0) is 14.8. The number of hydrogen-bond donors (Lipinski definition) is 1. The van der Waals surface area contributed by atoms with E-state index in [1.54, 1.807) is 0 Å². The molecule has 1 aliphatic heterocycles. The van der Waals surface area contributed by atoms with Crippen molar-refractivity contribution in [2.75, 3.05) is 6.54 Å². The van der Waals surface area contributed by atoms with Crippen LogP contribution in [-0.2, 0) is 17.3 Å². The fourth-order valence-electron chi connectivity index (χ4n) is 2.42. The van der Waals surface area contributed by atoms with Crippen molar-refractivity contribution >= 4 is 11.6 Å². The molecule has 1 fully saturated rings. The molecule has 20 heavy (non-hydrogen) atoms. The highest BCUT2D eigenvalue weighted by Gasteiger charge is 2.31. The average Bonchev–Trinajstić information content (AvgIpc) is 2.84. The van der Waals surface area contributed by atoms with Gasteiger partial charge in [-0.25, -0.2) is 0 Å². The lowest BCUT2D eigenvalue weighted by atomic mass is 10.0. The second-order valence-corrected chi connectivity index (χ2v) is 5.44. The van der Waals surface area contributed by atoms with Gasteiger partial charge in [-0.2, -0.15) is 13.2 Å². The first-order valence-electron chi connectivity index (χ1n) is 6.61. The minimum Gasteiger partial charge on any atom is -0.374 e. The summed E-state index contributed by atoms with van der Waals surface area (Å²) in [6, 6.07) is 3.43. The van der Waals surface area contributed by atoms with Crippen LogP contribution in [0.2, 0.25) is 5.02 Å². The van der Waals surface area contributed by atoms with Crippen molar-refractivity contribution in [3.8, 4) is 0 Å². The third-order valence-corrected chi connectivity index (χ3v) is 3.94. The molecule has 1 heterocycles. The van der Waals surface area contributed by atoms with Gasteiger partial charge < -0.3 is 10.5 Å². The Morgan fingerprint density at radius 1 is 1.25 bits per heavy atom. The van der Waals surface area contributed by atoms with Crippen molar-refractivity contribution in [2.24, 2.45) is 5.73 Å². The summed E-state index contributed by atoms with van der Waals surface area (Å²) < 4.78 is 43.6. The number of alkyl halides is 3. The molecule has 6 heteroatoms. The molecule has 1 aliphatic rings. The van der Waals surface area contributed by atoms with Gasteiger partial charge in [-0.15, -0.1) is 0 Å². The Kier molecular flexibility index (Phi) is 4.94. The lowest BCUT2D eigenvalue weighted by molar-refractivity contribution is -0.137. The van der Waals surface area contributed by atoms with Crippen LogP contribution in [0.5, 0.6) is 0 Å². The summed E-state index contributed by atoms with van der Waals surface area (Å²) in [4.78, 5) is 0. The SMILES string of the molecule is NCC1CCC(CCc2cc(C(F)(F)F)ccc2Cl)O1. The molecule has 1 aromatic rings. The fraction of sp³-hybridized carbons (Fsp3) is 0.571. The molecule has 0 aliphatic carbocycles. The third-order valence-electron chi connectivity index (χ3n) is 3.57. The maximum absolute atomic E-state index is 12.7. The van der Waals surface area contributed by atoms with E-state index in [0.717, 1.165) is 25.0 Å². The van der Waals surface area contributed by atoms with E-state index >= 15 is 0 Å². The first-order valence-corrected chi connectivity index (χ1v) is 6.99. The molecule has 0 aromatic heterocycles. The predicted octanol–water partition coefficient (Wildman–Crippen LogP) is 3.80. The van der Waals surface area contributed by atoms with Crippen molar-refractivity contribution in [2.45, 2.75) is 44.1 Å². The van der Waals surface area contributed by atoms with E-state index in [4.69, 9.17) is 22.1 Å². The van der Waals surface area contributed by atoms with E-state index in [1.165, 1.54) is 6.07 Å². The lowest BCUT2D eigenvalue weighted by Gasteiger charge is -2.14. The highest BCUT2D eigenvalue weighted by atomic mass is 35.5. The summed E-state index contributed by atoms with van der Waals surface area (Å²) >= 11 is 5.96. The van der Waals surface area contributed by atoms with Gasteiger partial charge in [0.2, 0.25) is 0 Å². The van der Waals surface area contributed by atoms with Gasteiger partial charge >= 0.3 is 6.18 Å². The highest BCUT2D eigenvalue weighted by molar-refractivity contribution is 6.31. The maximum atomic E-state index is 12.7. The summed E-state index contributed by atoms with van der Waals surface area (Å²) in [5.41, 5.74) is 5.38. The Morgan fingerprint density at radius 3 is 2.55 bits per heavy atom. The van der Waals surface area contributed by atoms with Crippen LogP contribution in [0, 0.1) is 0 Å². The van der Waals surface area contributed by atoms with Gasteiger partial charge in [0.05, 0.1) is 17.8 Å². The average molecular weight is 308 g/mol. The molecule has 0 spiro atoms. The summed E-state index contributed by atoms with van der Waals surface area (Å²) in [5, 5.41) is 0.367. The topological polar surface area (TPSA) is 35.2 Å². The molecule has 0 amide bonds. The smallest absolute Gasteiger partial charge is 0.374 e. The van der Waals surface area contributed by atoms with E-state index < -0.39 is 11.7 Å². The molecule has 0 radical (unpaired) electrons. The van der Waals surface area contributed by atoms with Crippen molar-refractivity contribution in [1.29, 1.82) is 0 Å². The van der Waals surface area contributed by atoms with Gasteiger partial charge in [0.25, 0.3) is 0 Å². The van der Waals surface area contributed by atoms with Gasteiger partial charge in [-0.1, -0.05) is 11.6 Å². The molecule has 2 N–H and O–H groups in total. The maximum Gasteiger partial charge on any atom is 0.416 e. The van der Waals surface area contributed by atoms with Crippen molar-refractivity contribution < 1.29 is 17.9 Å². The molecule has 1 saturated heterocycles. The molecular weight excluding hydrogens is 291 g/mol. The number of benzene rings is 1. The molecule has 2 atom stereocenters. The minimum atomic E-state index is -4.34. The number of aryl methyl sites for hydroxylation is 1. The van der Waals surface area contributed by atoms with Crippen LogP contribution < -0.4 is 5.73 Å². The zero-order valence-corrected chi connectivity index (χ0v) is 11.7. The van der Waals surface area contributed by atoms with Gasteiger partial charge in [0, 0.05) is 11.6 Å². The van der Waals surface area contributed by atoms with Crippen molar-refractivity contribution in [3.63, 3.8) is 0 Å². The minimum absolute atomic E-state index is 0.0640. The zero-order valence-electron chi connectivity index (χ0n) is 10.9. The number of ether oxygens (including phenoxy) is 1. The van der Waals surface area contributed by atoms with Crippen LogP contribution in [0.3, 0.4) is 0 Å². The Labute approximate surface area is 121 Å². The van der Waals surface area contributed by atoms with Gasteiger partial charge in [-0.05, 0) is 49.4 Å². The van der Waals surface area contributed by atoms with E-state index in [-0.39, 0.29) is 12.2 Å². The summed E-state index contributed by atoms with van der Waals surface area (Å²) in [7, 11) is 0. The Bertz CT molecular complexity index is 464. The monoisotopic (exact) mass is 307 g/mol.